The molecule has 0 spiro atoms. The number of ketones is 1. The number of hydrogen-bond donors (Lipinski definition) is 3. The van der Waals surface area contributed by atoms with Crippen LogP contribution in [0, 0.1) is 0 Å². The van der Waals surface area contributed by atoms with E-state index in [0.717, 1.165) is 16.5 Å². The first-order valence-corrected chi connectivity index (χ1v) is 13.2. The van der Waals surface area contributed by atoms with Gasteiger partial charge in [0.25, 0.3) is 0 Å². The van der Waals surface area contributed by atoms with Crippen LogP contribution in [0.15, 0.2) is 65.3 Å². The van der Waals surface area contributed by atoms with Crippen LogP contribution in [0.4, 0.5) is 11.4 Å². The van der Waals surface area contributed by atoms with E-state index >= 15 is 0 Å². The molecule has 1 aliphatic rings. The number of methoxy groups -OCH3 is 1. The molecule has 3 N–H and O–H groups in total. The van der Waals surface area contributed by atoms with Crippen LogP contribution in [0.3, 0.4) is 0 Å². The van der Waals surface area contributed by atoms with Gasteiger partial charge in [-0.05, 0) is 82.2 Å². The van der Waals surface area contributed by atoms with Gasteiger partial charge < -0.3 is 20.1 Å². The summed E-state index contributed by atoms with van der Waals surface area (Å²) in [5.74, 6) is -0.810. The fourth-order valence-corrected chi connectivity index (χ4v) is 4.55. The lowest BCUT2D eigenvalue weighted by Gasteiger charge is -2.22. The van der Waals surface area contributed by atoms with Crippen molar-refractivity contribution in [2.45, 2.75) is 38.8 Å². The summed E-state index contributed by atoms with van der Waals surface area (Å²) in [4.78, 5) is 44.3. The molecule has 0 aromatic heterocycles. The molecular weight excluding hydrogens is 566 g/mol. The van der Waals surface area contributed by atoms with E-state index in [1.165, 1.54) is 25.1 Å². The summed E-state index contributed by atoms with van der Waals surface area (Å²) in [6.07, 6.45) is 0.550. The number of benzene rings is 3. The van der Waals surface area contributed by atoms with Crippen LogP contribution >= 0.6 is 15.9 Å². The lowest BCUT2D eigenvalue weighted by Crippen LogP contribution is -2.38. The molecule has 1 heterocycles. The molecule has 0 fully saturated rings. The maximum Gasteiger partial charge on any atom is 0.338 e. The molecule has 3 aromatic rings. The summed E-state index contributed by atoms with van der Waals surface area (Å²) in [6, 6.07) is 15.0. The van der Waals surface area contributed by atoms with Gasteiger partial charge in [-0.25, -0.2) is 4.79 Å². The van der Waals surface area contributed by atoms with Crippen LogP contribution in [-0.4, -0.2) is 43.5 Å². The number of amides is 1. The van der Waals surface area contributed by atoms with Crippen molar-refractivity contribution in [1.82, 2.24) is 5.48 Å². The Morgan fingerprint density at radius 2 is 1.87 bits per heavy atom. The molecule has 2 unspecified atom stereocenters. The number of ether oxygens (including phenoxy) is 2. The highest BCUT2D eigenvalue weighted by Gasteiger charge is 2.27. The molecule has 0 aliphatic carbocycles. The highest BCUT2D eigenvalue weighted by molar-refractivity contribution is 9.11. The van der Waals surface area contributed by atoms with Crippen molar-refractivity contribution in [3.05, 3.63) is 76.4 Å². The number of carbonyl (C=O) groups is 3. The minimum Gasteiger partial charge on any atom is -0.497 e. The van der Waals surface area contributed by atoms with Crippen LogP contribution in [-0.2, 0) is 14.4 Å². The number of anilines is 2. The number of carbonyl (C=O) groups excluding carboxylic acids is 3. The normalized spacial score (nSPS) is 16.4. The SMILES string of the molecule is [2H]C(C)C(=O)c1cc(C(=O)OCC)ccc1NC(=O)[C@H](CC1C=C(Br)NO1)Nc1ccc2cc(OC)ccc2c1. The van der Waals surface area contributed by atoms with E-state index in [-0.39, 0.29) is 29.8 Å². The Kier molecular flexibility index (Phi) is 8.75. The molecule has 39 heavy (non-hydrogen) atoms. The predicted octanol–water partition coefficient (Wildman–Crippen LogP) is 5.57. The number of rotatable bonds is 11. The fraction of sp³-hybridized carbons (Fsp3) is 0.276. The third-order valence-corrected chi connectivity index (χ3v) is 6.56. The molecule has 4 rings (SSSR count). The zero-order chi connectivity index (χ0) is 28.8. The maximum atomic E-state index is 13.7. The number of esters is 1. The van der Waals surface area contributed by atoms with Gasteiger partial charge in [0, 0.05) is 25.4 Å². The monoisotopic (exact) mass is 596 g/mol. The molecule has 0 saturated carbocycles. The van der Waals surface area contributed by atoms with Crippen LogP contribution in [0.2, 0.25) is 0 Å². The summed E-state index contributed by atoms with van der Waals surface area (Å²) >= 11 is 3.33. The standard InChI is InChI=1S/C29H30BrN3O6/c1-4-26(34)23-14-19(29(36)38-5-2)8-11-24(23)32-28(35)25(15-22-16-27(30)33-39-22)31-20-9-6-18-13-21(37-3)10-7-17(18)12-20/h6-14,16,22,25,31,33H,4-5,15H2,1-3H3,(H,32,35)/t22?,25-/m0/s1/i4D/t4?,22?,25-. The molecule has 10 heteroatoms. The summed E-state index contributed by atoms with van der Waals surface area (Å²) in [5.41, 5.74) is 3.84. The maximum absolute atomic E-state index is 13.7. The number of fused-ring (bicyclic) bond motifs is 1. The lowest BCUT2D eigenvalue weighted by molar-refractivity contribution is -0.117. The van der Waals surface area contributed by atoms with Gasteiger partial charge >= 0.3 is 5.97 Å². The third-order valence-electron chi connectivity index (χ3n) is 6.13. The fourth-order valence-electron chi connectivity index (χ4n) is 4.16. The van der Waals surface area contributed by atoms with E-state index in [2.05, 4.69) is 32.0 Å². The van der Waals surface area contributed by atoms with Gasteiger partial charge in [0.2, 0.25) is 5.91 Å². The molecule has 0 bridgehead atoms. The average molecular weight is 597 g/mol. The Labute approximate surface area is 236 Å². The number of nitrogens with one attached hydrogen (secondary N) is 3. The van der Waals surface area contributed by atoms with E-state index < -0.39 is 36.2 Å². The van der Waals surface area contributed by atoms with Crippen LogP contribution in [0.5, 0.6) is 5.75 Å². The van der Waals surface area contributed by atoms with Crippen molar-refractivity contribution in [1.29, 1.82) is 0 Å². The molecule has 3 atom stereocenters. The lowest BCUT2D eigenvalue weighted by atomic mass is 10.0. The summed E-state index contributed by atoms with van der Waals surface area (Å²) in [5, 5.41) is 8.05. The van der Waals surface area contributed by atoms with E-state index in [9.17, 15) is 14.4 Å². The van der Waals surface area contributed by atoms with Gasteiger partial charge in [-0.3, -0.25) is 19.9 Å². The van der Waals surface area contributed by atoms with E-state index in [4.69, 9.17) is 15.7 Å². The van der Waals surface area contributed by atoms with Crippen molar-refractivity contribution < 1.29 is 30.1 Å². The van der Waals surface area contributed by atoms with E-state index in [1.807, 2.05) is 36.4 Å². The largest absolute Gasteiger partial charge is 0.497 e. The van der Waals surface area contributed by atoms with Crippen LogP contribution < -0.4 is 20.9 Å². The second kappa shape index (κ2) is 12.8. The van der Waals surface area contributed by atoms with Gasteiger partial charge in [0.15, 0.2) is 5.78 Å². The summed E-state index contributed by atoms with van der Waals surface area (Å²) in [6.45, 7) is 3.29. The topological polar surface area (TPSA) is 115 Å². The zero-order valence-electron chi connectivity index (χ0n) is 22.7. The van der Waals surface area contributed by atoms with Crippen LogP contribution in [0.25, 0.3) is 10.8 Å². The Morgan fingerprint density at radius 3 is 2.56 bits per heavy atom. The van der Waals surface area contributed by atoms with E-state index in [0.29, 0.717) is 10.3 Å². The Bertz CT molecular complexity index is 1460. The highest BCUT2D eigenvalue weighted by atomic mass is 79.9. The molecule has 1 aliphatic heterocycles. The van der Waals surface area contributed by atoms with Gasteiger partial charge in [-0.15, -0.1) is 0 Å². The first-order valence-electron chi connectivity index (χ1n) is 13.0. The molecular formula is C29H30BrN3O6. The van der Waals surface area contributed by atoms with Crippen molar-refractivity contribution in [2.24, 2.45) is 0 Å². The van der Waals surface area contributed by atoms with E-state index in [1.54, 1.807) is 20.1 Å². The van der Waals surface area contributed by atoms with Crippen molar-refractivity contribution in [2.75, 3.05) is 24.4 Å². The summed E-state index contributed by atoms with van der Waals surface area (Å²) < 4.78 is 18.9. The van der Waals surface area contributed by atoms with Gasteiger partial charge in [-0.2, -0.15) is 0 Å². The molecule has 0 saturated heterocycles. The predicted molar refractivity (Wildman–Crippen MR) is 153 cm³/mol. The number of hydrogen-bond acceptors (Lipinski definition) is 8. The van der Waals surface area contributed by atoms with Gasteiger partial charge in [-0.1, -0.05) is 19.1 Å². The number of halogens is 1. The van der Waals surface area contributed by atoms with Gasteiger partial charge in [0.05, 0.1) is 25.0 Å². The molecule has 9 nitrogen and oxygen atoms in total. The number of Topliss-reactive ketones (excluding diaryl/α,β-unsaturated/α-hetero) is 1. The average Bonchev–Trinajstić information content (AvgIpc) is 3.36. The second-order valence-corrected chi connectivity index (χ2v) is 9.61. The molecule has 1 amide bonds. The molecule has 204 valence electrons. The first kappa shape index (κ1) is 26.7. The summed E-state index contributed by atoms with van der Waals surface area (Å²) in [7, 11) is 1.61. The van der Waals surface area contributed by atoms with Crippen molar-refractivity contribution in [3.8, 4) is 5.75 Å². The highest BCUT2D eigenvalue weighted by Crippen LogP contribution is 2.26. The Hall–Kier alpha value is -3.89. The second-order valence-electron chi connectivity index (χ2n) is 8.76. The van der Waals surface area contributed by atoms with Crippen molar-refractivity contribution >= 4 is 55.7 Å². The number of hydroxylamine groups is 1. The minimum atomic E-state index is -1.10. The smallest absolute Gasteiger partial charge is 0.338 e. The first-order chi connectivity index (χ1) is 19.2. The van der Waals surface area contributed by atoms with Crippen LogP contribution in [0.1, 0.15) is 48.8 Å². The quantitative estimate of drug-likeness (QED) is 0.149. The molecule has 3 aromatic carbocycles. The zero-order valence-corrected chi connectivity index (χ0v) is 23.3. The van der Waals surface area contributed by atoms with Crippen molar-refractivity contribution in [3.63, 3.8) is 0 Å². The third kappa shape index (κ3) is 6.96. The Balaban J connectivity index is 1.63. The minimum absolute atomic E-state index is 0.0567. The molecule has 0 radical (unpaired) electrons. The Morgan fingerprint density at radius 1 is 1.10 bits per heavy atom. The van der Waals surface area contributed by atoms with Gasteiger partial charge in [0.1, 0.15) is 22.5 Å².